The highest BCUT2D eigenvalue weighted by atomic mass is 32.1. The predicted molar refractivity (Wildman–Crippen MR) is 68.8 cm³/mol. The first-order valence-corrected chi connectivity index (χ1v) is 6.80. The number of nitrogens with zero attached hydrogens (tertiary/aromatic N) is 3. The Balaban J connectivity index is 1.71. The van der Waals surface area contributed by atoms with Crippen LogP contribution in [0.5, 0.6) is 0 Å². The highest BCUT2D eigenvalue weighted by molar-refractivity contribution is 7.13. The van der Waals surface area contributed by atoms with Crippen LogP contribution in [0.1, 0.15) is 12.6 Å². The number of nitrogen functional groups attached to an aromatic ring is 1. The van der Waals surface area contributed by atoms with Gasteiger partial charge in [-0.05, 0) is 6.54 Å². The molecule has 1 fully saturated rings. The Kier molecular flexibility index (Phi) is 4.15. The van der Waals surface area contributed by atoms with Crippen LogP contribution in [0.25, 0.3) is 0 Å². The first kappa shape index (κ1) is 11.8. The lowest BCUT2D eigenvalue weighted by atomic mass is 10.2. The Labute approximate surface area is 101 Å². The summed E-state index contributed by atoms with van der Waals surface area (Å²) in [6.07, 6.45) is 1.03. The van der Waals surface area contributed by atoms with Crippen molar-refractivity contribution in [3.8, 4) is 0 Å². The summed E-state index contributed by atoms with van der Waals surface area (Å²) in [6.45, 7) is 9.30. The molecule has 0 radical (unpaired) electrons. The summed E-state index contributed by atoms with van der Waals surface area (Å²) in [5, 5.41) is 2.75. The van der Waals surface area contributed by atoms with E-state index in [0.717, 1.165) is 18.7 Å². The van der Waals surface area contributed by atoms with Crippen molar-refractivity contribution in [3.05, 3.63) is 11.1 Å². The highest BCUT2D eigenvalue weighted by Gasteiger charge is 2.15. The molecule has 0 unspecified atom stereocenters. The Morgan fingerprint density at radius 1 is 1.31 bits per heavy atom. The summed E-state index contributed by atoms with van der Waals surface area (Å²) in [7, 11) is 0. The molecule has 5 heteroatoms. The Morgan fingerprint density at radius 2 is 2.00 bits per heavy atom. The maximum absolute atomic E-state index is 5.61. The standard InChI is InChI=1S/C11H20N4S/c1-2-14-5-7-15(8-6-14)4-3-10-9-16-11(12)13-10/h9H,2-8H2,1H3,(H2,12,13). The van der Waals surface area contributed by atoms with E-state index in [4.69, 9.17) is 5.73 Å². The van der Waals surface area contributed by atoms with Crippen molar-refractivity contribution < 1.29 is 0 Å². The largest absolute Gasteiger partial charge is 0.375 e. The molecule has 0 amide bonds. The van der Waals surface area contributed by atoms with Gasteiger partial charge < -0.3 is 15.5 Å². The summed E-state index contributed by atoms with van der Waals surface area (Å²) < 4.78 is 0. The van der Waals surface area contributed by atoms with Crippen LogP contribution in [0.4, 0.5) is 5.13 Å². The topological polar surface area (TPSA) is 45.4 Å². The second kappa shape index (κ2) is 5.61. The van der Waals surface area contributed by atoms with Gasteiger partial charge in [0.1, 0.15) is 0 Å². The maximum Gasteiger partial charge on any atom is 0.180 e. The van der Waals surface area contributed by atoms with Gasteiger partial charge in [-0.1, -0.05) is 6.92 Å². The van der Waals surface area contributed by atoms with E-state index >= 15 is 0 Å². The third kappa shape index (κ3) is 3.17. The molecule has 16 heavy (non-hydrogen) atoms. The second-order valence-electron chi connectivity index (χ2n) is 4.20. The number of hydrogen-bond acceptors (Lipinski definition) is 5. The van der Waals surface area contributed by atoms with E-state index in [2.05, 4.69) is 27.1 Å². The monoisotopic (exact) mass is 240 g/mol. The van der Waals surface area contributed by atoms with Crippen LogP contribution >= 0.6 is 11.3 Å². The molecule has 0 aliphatic carbocycles. The molecule has 1 aliphatic rings. The van der Waals surface area contributed by atoms with E-state index in [9.17, 15) is 0 Å². The van der Waals surface area contributed by atoms with Crippen molar-refractivity contribution in [2.75, 3.05) is 45.0 Å². The third-order valence-electron chi connectivity index (χ3n) is 3.17. The fourth-order valence-electron chi connectivity index (χ4n) is 2.04. The number of anilines is 1. The zero-order valence-corrected chi connectivity index (χ0v) is 10.7. The van der Waals surface area contributed by atoms with Gasteiger partial charge in [0.25, 0.3) is 0 Å². The highest BCUT2D eigenvalue weighted by Crippen LogP contribution is 2.12. The normalized spacial score (nSPS) is 19.1. The van der Waals surface area contributed by atoms with Crippen LogP contribution in [0, 0.1) is 0 Å². The summed E-state index contributed by atoms with van der Waals surface area (Å²) >= 11 is 1.53. The Morgan fingerprint density at radius 3 is 2.56 bits per heavy atom. The van der Waals surface area contributed by atoms with Gasteiger partial charge in [0.15, 0.2) is 5.13 Å². The van der Waals surface area contributed by atoms with Gasteiger partial charge in [-0.2, -0.15) is 0 Å². The lowest BCUT2D eigenvalue weighted by molar-refractivity contribution is 0.138. The first-order chi connectivity index (χ1) is 7.78. The van der Waals surface area contributed by atoms with E-state index in [0.29, 0.717) is 5.13 Å². The van der Waals surface area contributed by atoms with Crippen molar-refractivity contribution in [2.45, 2.75) is 13.3 Å². The predicted octanol–water partition coefficient (Wildman–Crippen LogP) is 0.905. The van der Waals surface area contributed by atoms with Crippen molar-refractivity contribution in [1.29, 1.82) is 0 Å². The van der Waals surface area contributed by atoms with Gasteiger partial charge >= 0.3 is 0 Å². The van der Waals surface area contributed by atoms with Gasteiger partial charge in [-0.25, -0.2) is 4.98 Å². The maximum atomic E-state index is 5.61. The molecule has 1 saturated heterocycles. The van der Waals surface area contributed by atoms with E-state index in [-0.39, 0.29) is 0 Å². The van der Waals surface area contributed by atoms with Crippen LogP contribution in [0.2, 0.25) is 0 Å². The van der Waals surface area contributed by atoms with E-state index in [1.54, 1.807) is 0 Å². The van der Waals surface area contributed by atoms with Gasteiger partial charge in [0.05, 0.1) is 5.69 Å². The number of thiazole rings is 1. The average molecular weight is 240 g/mol. The van der Waals surface area contributed by atoms with Crippen molar-refractivity contribution in [3.63, 3.8) is 0 Å². The van der Waals surface area contributed by atoms with Crippen LogP contribution < -0.4 is 5.73 Å². The van der Waals surface area contributed by atoms with Gasteiger partial charge in [-0.15, -0.1) is 11.3 Å². The van der Waals surface area contributed by atoms with Crippen LogP contribution in [-0.4, -0.2) is 54.1 Å². The molecule has 2 rings (SSSR count). The van der Waals surface area contributed by atoms with Crippen molar-refractivity contribution in [2.24, 2.45) is 0 Å². The van der Waals surface area contributed by atoms with Gasteiger partial charge in [0, 0.05) is 44.5 Å². The van der Waals surface area contributed by atoms with Crippen molar-refractivity contribution in [1.82, 2.24) is 14.8 Å². The lowest BCUT2D eigenvalue weighted by Gasteiger charge is -2.33. The van der Waals surface area contributed by atoms with Gasteiger partial charge in [-0.3, -0.25) is 0 Å². The van der Waals surface area contributed by atoms with E-state index in [1.807, 2.05) is 0 Å². The fraction of sp³-hybridized carbons (Fsp3) is 0.727. The Hall–Kier alpha value is -0.650. The minimum atomic E-state index is 0.686. The van der Waals surface area contributed by atoms with Crippen LogP contribution in [0.15, 0.2) is 5.38 Å². The molecule has 2 heterocycles. The molecule has 0 aromatic carbocycles. The number of aromatic nitrogens is 1. The SMILES string of the molecule is CCN1CCN(CCc2csc(N)n2)CC1. The molecule has 0 spiro atoms. The lowest BCUT2D eigenvalue weighted by Crippen LogP contribution is -2.46. The summed E-state index contributed by atoms with van der Waals surface area (Å²) in [5.41, 5.74) is 6.75. The zero-order chi connectivity index (χ0) is 11.4. The molecule has 2 N–H and O–H groups in total. The molecule has 1 aromatic rings. The minimum Gasteiger partial charge on any atom is -0.375 e. The number of likely N-dealkylation sites (N-methyl/N-ethyl adjacent to an activating group) is 1. The summed E-state index contributed by atoms with van der Waals surface area (Å²) in [5.74, 6) is 0. The number of nitrogens with two attached hydrogens (primary N) is 1. The van der Waals surface area contributed by atoms with Gasteiger partial charge in [0.2, 0.25) is 0 Å². The zero-order valence-electron chi connectivity index (χ0n) is 9.85. The third-order valence-corrected chi connectivity index (χ3v) is 3.89. The summed E-state index contributed by atoms with van der Waals surface area (Å²) in [4.78, 5) is 9.30. The van der Waals surface area contributed by atoms with E-state index < -0.39 is 0 Å². The quantitative estimate of drug-likeness (QED) is 0.849. The molecule has 4 nitrogen and oxygen atoms in total. The fourth-order valence-corrected chi connectivity index (χ4v) is 2.64. The number of piperazine rings is 1. The first-order valence-electron chi connectivity index (χ1n) is 5.92. The molecule has 0 bridgehead atoms. The minimum absolute atomic E-state index is 0.686. The van der Waals surface area contributed by atoms with Crippen LogP contribution in [-0.2, 0) is 6.42 Å². The summed E-state index contributed by atoms with van der Waals surface area (Å²) in [6, 6.07) is 0. The van der Waals surface area contributed by atoms with Crippen molar-refractivity contribution >= 4 is 16.5 Å². The number of hydrogen-bond donors (Lipinski definition) is 1. The molecule has 0 atom stereocenters. The second-order valence-corrected chi connectivity index (χ2v) is 5.09. The van der Waals surface area contributed by atoms with E-state index in [1.165, 1.54) is 44.1 Å². The molecular weight excluding hydrogens is 220 g/mol. The molecule has 1 aliphatic heterocycles. The molecule has 1 aromatic heterocycles. The Bertz CT molecular complexity index is 318. The van der Waals surface area contributed by atoms with Crippen LogP contribution in [0.3, 0.4) is 0 Å². The average Bonchev–Trinajstić information content (AvgIpc) is 2.73. The molecular formula is C11H20N4S. The number of rotatable bonds is 4. The molecule has 90 valence electrons. The smallest absolute Gasteiger partial charge is 0.180 e. The molecule has 0 saturated carbocycles.